The van der Waals surface area contributed by atoms with Gasteiger partial charge in [0.2, 0.25) is 15.9 Å². The molecule has 2 rings (SSSR count). The predicted molar refractivity (Wildman–Crippen MR) is 120 cm³/mol. The first-order valence-electron chi connectivity index (χ1n) is 9.11. The van der Waals surface area contributed by atoms with Crippen LogP contribution in [0.5, 0.6) is 0 Å². The number of halogens is 2. The Hall–Kier alpha value is -1.76. The minimum atomic E-state index is -3.69. The van der Waals surface area contributed by atoms with Gasteiger partial charge in [-0.15, -0.1) is 0 Å². The summed E-state index contributed by atoms with van der Waals surface area (Å²) in [6.07, 6.45) is 1.04. The fraction of sp³-hybridized carbons (Fsp3) is 0.381. The zero-order valence-electron chi connectivity index (χ0n) is 17.2. The van der Waals surface area contributed by atoms with E-state index in [0.29, 0.717) is 5.02 Å². The highest BCUT2D eigenvalue weighted by molar-refractivity contribution is 7.92. The maximum atomic E-state index is 12.6. The Morgan fingerprint density at radius 1 is 1.07 bits per heavy atom. The van der Waals surface area contributed by atoms with E-state index in [9.17, 15) is 13.2 Å². The summed E-state index contributed by atoms with van der Waals surface area (Å²) in [4.78, 5) is 12.6. The molecule has 0 saturated carbocycles. The average molecular weight is 457 g/mol. The van der Waals surface area contributed by atoms with Crippen molar-refractivity contribution in [2.24, 2.45) is 0 Å². The first-order valence-corrected chi connectivity index (χ1v) is 11.7. The maximum absolute atomic E-state index is 12.6. The van der Waals surface area contributed by atoms with Crippen molar-refractivity contribution in [1.29, 1.82) is 0 Å². The summed E-state index contributed by atoms with van der Waals surface area (Å²) in [6.45, 7) is 7.90. The molecule has 0 heterocycles. The highest BCUT2D eigenvalue weighted by Gasteiger charge is 2.23. The van der Waals surface area contributed by atoms with E-state index in [0.717, 1.165) is 16.1 Å². The van der Waals surface area contributed by atoms with Crippen molar-refractivity contribution >= 4 is 44.8 Å². The molecule has 0 aliphatic heterocycles. The maximum Gasteiger partial charge on any atom is 0.241 e. The molecule has 2 aromatic rings. The van der Waals surface area contributed by atoms with Gasteiger partial charge in [0.1, 0.15) is 6.54 Å². The molecular formula is C21H26Cl2N2O3S. The lowest BCUT2D eigenvalue weighted by atomic mass is 9.86. The standard InChI is InChI=1S/C21H26Cl2N2O3S/c1-14(15-6-8-16(9-7-15)21(2,3)4)24-20(26)13-25(29(5,27)28)17-10-11-18(22)19(23)12-17/h6-12,14H,13H2,1-5H3,(H,24,26)/t14-/m1/s1. The molecule has 0 aliphatic rings. The Morgan fingerprint density at radius 3 is 2.14 bits per heavy atom. The summed E-state index contributed by atoms with van der Waals surface area (Å²) in [5, 5.41) is 3.37. The summed E-state index contributed by atoms with van der Waals surface area (Å²) >= 11 is 11.9. The van der Waals surface area contributed by atoms with Gasteiger partial charge in [-0.3, -0.25) is 9.10 Å². The van der Waals surface area contributed by atoms with Crippen LogP contribution in [0, 0.1) is 0 Å². The average Bonchev–Trinajstić information content (AvgIpc) is 2.60. The second-order valence-electron chi connectivity index (χ2n) is 8.03. The largest absolute Gasteiger partial charge is 0.348 e. The number of anilines is 1. The van der Waals surface area contributed by atoms with E-state index < -0.39 is 15.9 Å². The predicted octanol–water partition coefficient (Wildman–Crippen LogP) is 4.93. The van der Waals surface area contributed by atoms with Crippen LogP contribution >= 0.6 is 23.2 Å². The number of carbonyl (C=O) groups is 1. The molecular weight excluding hydrogens is 431 g/mol. The third-order valence-electron chi connectivity index (χ3n) is 4.53. The van der Waals surface area contributed by atoms with Crippen molar-refractivity contribution < 1.29 is 13.2 Å². The number of nitrogens with one attached hydrogen (secondary N) is 1. The number of benzene rings is 2. The monoisotopic (exact) mass is 456 g/mol. The van der Waals surface area contributed by atoms with Crippen LogP contribution in [0.1, 0.15) is 44.9 Å². The van der Waals surface area contributed by atoms with Gasteiger partial charge in [0.25, 0.3) is 0 Å². The Balaban J connectivity index is 2.14. The van der Waals surface area contributed by atoms with Gasteiger partial charge in [0, 0.05) is 0 Å². The number of hydrogen-bond acceptors (Lipinski definition) is 3. The van der Waals surface area contributed by atoms with Gasteiger partial charge in [-0.25, -0.2) is 8.42 Å². The van der Waals surface area contributed by atoms with Crippen LogP contribution in [-0.2, 0) is 20.2 Å². The third-order valence-corrected chi connectivity index (χ3v) is 6.41. The SMILES string of the molecule is C[C@@H](NC(=O)CN(c1ccc(Cl)c(Cl)c1)S(C)(=O)=O)c1ccc(C(C)(C)C)cc1. The van der Waals surface area contributed by atoms with E-state index in [4.69, 9.17) is 23.2 Å². The third kappa shape index (κ3) is 6.36. The molecule has 158 valence electrons. The minimum Gasteiger partial charge on any atom is -0.348 e. The van der Waals surface area contributed by atoms with Gasteiger partial charge in [-0.05, 0) is 41.7 Å². The second kappa shape index (κ2) is 8.94. The van der Waals surface area contributed by atoms with Crippen LogP contribution in [0.3, 0.4) is 0 Å². The number of sulfonamides is 1. The minimum absolute atomic E-state index is 0.0425. The Bertz CT molecular complexity index is 984. The van der Waals surface area contributed by atoms with Crippen molar-refractivity contribution in [3.63, 3.8) is 0 Å². The number of rotatable bonds is 6. The summed E-state index contributed by atoms with van der Waals surface area (Å²) in [7, 11) is -3.69. The van der Waals surface area contributed by atoms with Crippen LogP contribution < -0.4 is 9.62 Å². The zero-order chi connectivity index (χ0) is 22.0. The molecule has 0 aliphatic carbocycles. The lowest BCUT2D eigenvalue weighted by Gasteiger charge is -2.24. The van der Waals surface area contributed by atoms with Crippen molar-refractivity contribution in [2.75, 3.05) is 17.1 Å². The van der Waals surface area contributed by atoms with Crippen molar-refractivity contribution in [1.82, 2.24) is 5.32 Å². The van der Waals surface area contributed by atoms with Crippen LogP contribution in [0.4, 0.5) is 5.69 Å². The Labute approximate surface area is 183 Å². The van der Waals surface area contributed by atoms with E-state index in [-0.39, 0.29) is 28.7 Å². The van der Waals surface area contributed by atoms with Crippen molar-refractivity contribution in [3.05, 3.63) is 63.6 Å². The molecule has 5 nitrogen and oxygen atoms in total. The molecule has 1 amide bonds. The number of hydrogen-bond donors (Lipinski definition) is 1. The van der Waals surface area contributed by atoms with E-state index in [1.165, 1.54) is 23.8 Å². The van der Waals surface area contributed by atoms with Crippen molar-refractivity contribution in [2.45, 2.75) is 39.2 Å². The molecule has 0 fully saturated rings. The van der Waals surface area contributed by atoms with Gasteiger partial charge in [-0.2, -0.15) is 0 Å². The number of amides is 1. The van der Waals surface area contributed by atoms with E-state index in [2.05, 4.69) is 26.1 Å². The van der Waals surface area contributed by atoms with Gasteiger partial charge in [0.15, 0.2) is 0 Å². The smallest absolute Gasteiger partial charge is 0.241 e. The summed E-state index contributed by atoms with van der Waals surface area (Å²) in [6, 6.07) is 12.2. The van der Waals surface area contributed by atoms with Gasteiger partial charge in [-0.1, -0.05) is 68.2 Å². The van der Waals surface area contributed by atoms with Gasteiger partial charge >= 0.3 is 0 Å². The molecule has 8 heteroatoms. The number of nitrogens with zero attached hydrogens (tertiary/aromatic N) is 1. The fourth-order valence-electron chi connectivity index (χ4n) is 2.81. The van der Waals surface area contributed by atoms with Crippen LogP contribution in [0.25, 0.3) is 0 Å². The van der Waals surface area contributed by atoms with Crippen LogP contribution in [0.2, 0.25) is 10.0 Å². The normalized spacial score (nSPS) is 13.1. The fourth-order valence-corrected chi connectivity index (χ4v) is 3.95. The van der Waals surface area contributed by atoms with Crippen LogP contribution in [-0.4, -0.2) is 27.1 Å². The summed E-state index contributed by atoms with van der Waals surface area (Å²) in [5.41, 5.74) is 2.45. The quantitative estimate of drug-likeness (QED) is 0.669. The Kier molecular flexibility index (Phi) is 7.25. The molecule has 29 heavy (non-hydrogen) atoms. The molecule has 0 bridgehead atoms. The first-order chi connectivity index (χ1) is 13.3. The van der Waals surface area contributed by atoms with E-state index in [1.54, 1.807) is 0 Å². The molecule has 2 aromatic carbocycles. The van der Waals surface area contributed by atoms with Gasteiger partial charge in [0.05, 0.1) is 28.0 Å². The summed E-state index contributed by atoms with van der Waals surface area (Å²) in [5.74, 6) is -0.422. The topological polar surface area (TPSA) is 66.5 Å². The van der Waals surface area contributed by atoms with Crippen molar-refractivity contribution in [3.8, 4) is 0 Å². The lowest BCUT2D eigenvalue weighted by molar-refractivity contribution is -0.120. The second-order valence-corrected chi connectivity index (χ2v) is 10.8. The molecule has 0 spiro atoms. The lowest BCUT2D eigenvalue weighted by Crippen LogP contribution is -2.41. The molecule has 0 saturated heterocycles. The molecule has 0 aromatic heterocycles. The molecule has 1 N–H and O–H groups in total. The Morgan fingerprint density at radius 2 is 1.66 bits per heavy atom. The first kappa shape index (κ1) is 23.5. The molecule has 0 radical (unpaired) electrons. The highest BCUT2D eigenvalue weighted by Crippen LogP contribution is 2.28. The highest BCUT2D eigenvalue weighted by atomic mass is 35.5. The van der Waals surface area contributed by atoms with Crippen LogP contribution in [0.15, 0.2) is 42.5 Å². The van der Waals surface area contributed by atoms with E-state index >= 15 is 0 Å². The molecule has 0 unspecified atom stereocenters. The zero-order valence-corrected chi connectivity index (χ0v) is 19.5. The number of carbonyl (C=O) groups excluding carboxylic acids is 1. The van der Waals surface area contributed by atoms with E-state index in [1.807, 2.05) is 31.2 Å². The van der Waals surface area contributed by atoms with Gasteiger partial charge < -0.3 is 5.32 Å². The molecule has 1 atom stereocenters. The summed E-state index contributed by atoms with van der Waals surface area (Å²) < 4.78 is 25.4.